The molecule has 1 fully saturated rings. The van der Waals surface area contributed by atoms with Crippen molar-refractivity contribution in [2.45, 2.75) is 45.5 Å². The second-order valence-corrected chi connectivity index (χ2v) is 8.95. The lowest BCUT2D eigenvalue weighted by molar-refractivity contribution is 0.00578. The molecule has 1 amide bonds. The Kier molecular flexibility index (Phi) is 7.79. The summed E-state index contributed by atoms with van der Waals surface area (Å²) in [5, 5.41) is 2.71. The number of rotatable bonds is 7. The molecule has 1 saturated heterocycles. The van der Waals surface area contributed by atoms with E-state index in [2.05, 4.69) is 10.1 Å². The van der Waals surface area contributed by atoms with Crippen molar-refractivity contribution in [2.75, 3.05) is 13.7 Å². The van der Waals surface area contributed by atoms with Gasteiger partial charge in [0.25, 0.3) is 0 Å². The Morgan fingerprint density at radius 2 is 1.71 bits per heavy atom. The zero-order valence-electron chi connectivity index (χ0n) is 20.0. The maximum atomic E-state index is 14.1. The van der Waals surface area contributed by atoms with Gasteiger partial charge in [0, 0.05) is 6.54 Å². The van der Waals surface area contributed by atoms with E-state index in [1.54, 1.807) is 6.08 Å². The number of alkyl carbamates (subject to hydrolysis) is 1. The second-order valence-electron chi connectivity index (χ2n) is 8.95. The monoisotopic (exact) mass is 469 g/mol. The fraction of sp³-hybridized carbons (Fsp3) is 0.360. The normalized spacial score (nSPS) is 16.8. The summed E-state index contributed by atoms with van der Waals surface area (Å²) in [6.45, 7) is 7.84. The molecule has 1 N–H and O–H groups in total. The van der Waals surface area contributed by atoms with Crippen molar-refractivity contribution in [3.63, 3.8) is 0 Å². The average molecular weight is 469 g/mol. The molecular weight excluding hydrogens is 440 g/mol. The number of nitrogens with one attached hydrogen (secondary N) is 1. The van der Waals surface area contributed by atoms with Gasteiger partial charge in [-0.25, -0.2) is 14.0 Å². The van der Waals surface area contributed by atoms with Gasteiger partial charge in [0.15, 0.2) is 0 Å². The highest BCUT2D eigenvalue weighted by Gasteiger charge is 2.52. The van der Waals surface area contributed by atoms with E-state index in [0.717, 1.165) is 5.56 Å². The van der Waals surface area contributed by atoms with Crippen molar-refractivity contribution in [3.8, 4) is 0 Å². The number of ether oxygens (including phenoxy) is 2. The quantitative estimate of drug-likeness (QED) is 0.473. The van der Waals surface area contributed by atoms with Crippen molar-refractivity contribution in [1.82, 2.24) is 5.32 Å². The van der Waals surface area contributed by atoms with Gasteiger partial charge in [-0.2, -0.15) is 0 Å². The zero-order chi connectivity index (χ0) is 24.9. The molecule has 0 radical (unpaired) electrons. The highest BCUT2D eigenvalue weighted by Crippen LogP contribution is 2.38. The molecular formula is C25H29BFNO6. The minimum Gasteiger partial charge on any atom is -0.465 e. The second kappa shape index (κ2) is 10.4. The third-order valence-electron chi connectivity index (χ3n) is 5.95. The highest BCUT2D eigenvalue weighted by atomic mass is 19.1. The lowest BCUT2D eigenvalue weighted by Crippen LogP contribution is -2.41. The van der Waals surface area contributed by atoms with Crippen molar-refractivity contribution < 1.29 is 32.8 Å². The summed E-state index contributed by atoms with van der Waals surface area (Å²) in [4.78, 5) is 24.2. The Morgan fingerprint density at radius 1 is 1.06 bits per heavy atom. The molecule has 0 unspecified atom stereocenters. The number of esters is 1. The molecule has 0 aliphatic carbocycles. The molecule has 2 aromatic carbocycles. The number of carbonyl (C=O) groups is 2. The van der Waals surface area contributed by atoms with Crippen LogP contribution in [0.4, 0.5) is 9.18 Å². The van der Waals surface area contributed by atoms with Gasteiger partial charge < -0.3 is 24.1 Å². The standard InChI is InChI=1S/C25H29BFNO6/c1-24(2)25(3,4)34-26(33-24)19(13-18-11-12-21(27)20(14-18)22(29)31-5)15-28-23(30)32-16-17-9-7-6-8-10-17/h6-14H,15-16H2,1-5H3,(H,28,30). The van der Waals surface area contributed by atoms with Crippen molar-refractivity contribution in [1.29, 1.82) is 0 Å². The topological polar surface area (TPSA) is 83.1 Å². The maximum Gasteiger partial charge on any atom is 0.492 e. The predicted molar refractivity (Wildman–Crippen MR) is 126 cm³/mol. The average Bonchev–Trinajstić information content (AvgIpc) is 3.03. The van der Waals surface area contributed by atoms with E-state index in [1.165, 1.54) is 25.3 Å². The number of benzene rings is 2. The molecule has 1 heterocycles. The molecule has 9 heteroatoms. The Morgan fingerprint density at radius 3 is 2.32 bits per heavy atom. The molecule has 7 nitrogen and oxygen atoms in total. The van der Waals surface area contributed by atoms with E-state index >= 15 is 0 Å². The number of methoxy groups -OCH3 is 1. The van der Waals surface area contributed by atoms with Crippen LogP contribution in [0, 0.1) is 5.82 Å². The van der Waals surface area contributed by atoms with Crippen LogP contribution in [-0.4, -0.2) is 44.0 Å². The van der Waals surface area contributed by atoms with E-state index in [-0.39, 0.29) is 18.7 Å². The lowest BCUT2D eigenvalue weighted by atomic mass is 9.77. The van der Waals surface area contributed by atoms with Crippen LogP contribution >= 0.6 is 0 Å². The fourth-order valence-corrected chi connectivity index (χ4v) is 3.26. The van der Waals surface area contributed by atoms with Crippen LogP contribution in [-0.2, 0) is 25.4 Å². The number of halogens is 1. The van der Waals surface area contributed by atoms with Gasteiger partial charge in [0.1, 0.15) is 12.4 Å². The molecule has 1 aliphatic rings. The number of amides is 1. The van der Waals surface area contributed by atoms with Gasteiger partial charge in [0.05, 0.1) is 23.9 Å². The Bertz CT molecular complexity index is 1050. The largest absolute Gasteiger partial charge is 0.492 e. The maximum absolute atomic E-state index is 14.1. The molecule has 0 saturated carbocycles. The summed E-state index contributed by atoms with van der Waals surface area (Å²) in [6.07, 6.45) is 1.08. The van der Waals surface area contributed by atoms with Gasteiger partial charge in [-0.3, -0.25) is 0 Å². The summed E-state index contributed by atoms with van der Waals surface area (Å²) < 4.78 is 36.3. The molecule has 0 bridgehead atoms. The SMILES string of the molecule is COC(=O)c1cc(C=C(CNC(=O)OCc2ccccc2)B2OC(C)(C)C(C)(C)O2)ccc1F. The summed E-state index contributed by atoms with van der Waals surface area (Å²) in [6, 6.07) is 13.4. The van der Waals surface area contributed by atoms with Gasteiger partial charge in [-0.15, -0.1) is 0 Å². The molecule has 34 heavy (non-hydrogen) atoms. The van der Waals surface area contributed by atoms with Crippen LogP contribution in [0.15, 0.2) is 54.0 Å². The van der Waals surface area contributed by atoms with Crippen molar-refractivity contribution in [2.24, 2.45) is 0 Å². The molecule has 3 rings (SSSR count). The number of hydrogen-bond donors (Lipinski definition) is 1. The first-order chi connectivity index (χ1) is 16.0. The van der Waals surface area contributed by atoms with E-state index < -0.39 is 36.2 Å². The third-order valence-corrected chi connectivity index (χ3v) is 5.95. The Balaban J connectivity index is 1.80. The lowest BCUT2D eigenvalue weighted by Gasteiger charge is -2.32. The van der Waals surface area contributed by atoms with Crippen LogP contribution in [0.3, 0.4) is 0 Å². The van der Waals surface area contributed by atoms with E-state index in [0.29, 0.717) is 11.0 Å². The molecule has 2 aromatic rings. The van der Waals surface area contributed by atoms with Crippen molar-refractivity contribution >= 4 is 25.3 Å². The summed E-state index contributed by atoms with van der Waals surface area (Å²) in [5.41, 5.74) is 0.541. The first-order valence-electron chi connectivity index (χ1n) is 10.9. The van der Waals surface area contributed by atoms with Gasteiger partial charge >= 0.3 is 19.2 Å². The van der Waals surface area contributed by atoms with Gasteiger partial charge in [-0.1, -0.05) is 42.5 Å². The van der Waals surface area contributed by atoms with Crippen LogP contribution < -0.4 is 5.32 Å². The zero-order valence-corrected chi connectivity index (χ0v) is 20.0. The van der Waals surface area contributed by atoms with Crippen LogP contribution in [0.1, 0.15) is 49.2 Å². The molecule has 0 aromatic heterocycles. The summed E-state index contributed by atoms with van der Waals surface area (Å²) >= 11 is 0. The van der Waals surface area contributed by atoms with Crippen LogP contribution in [0.2, 0.25) is 0 Å². The smallest absolute Gasteiger partial charge is 0.465 e. The van der Waals surface area contributed by atoms with E-state index in [9.17, 15) is 14.0 Å². The Hall–Kier alpha value is -3.17. The predicted octanol–water partition coefficient (Wildman–Crippen LogP) is 4.55. The molecule has 1 aliphatic heterocycles. The van der Waals surface area contributed by atoms with Gasteiger partial charge in [-0.05, 0) is 56.4 Å². The number of carbonyl (C=O) groups excluding carboxylic acids is 2. The fourth-order valence-electron chi connectivity index (χ4n) is 3.26. The number of hydrogen-bond acceptors (Lipinski definition) is 6. The van der Waals surface area contributed by atoms with Gasteiger partial charge in [0.2, 0.25) is 0 Å². The summed E-state index contributed by atoms with van der Waals surface area (Å²) in [7, 11) is 0.413. The van der Waals surface area contributed by atoms with Crippen LogP contribution in [0.5, 0.6) is 0 Å². The third kappa shape index (κ3) is 6.04. The minimum absolute atomic E-state index is 0.0510. The molecule has 180 valence electrons. The summed E-state index contributed by atoms with van der Waals surface area (Å²) in [5.74, 6) is -1.48. The van der Waals surface area contributed by atoms with Crippen molar-refractivity contribution in [3.05, 3.63) is 76.5 Å². The first-order valence-corrected chi connectivity index (χ1v) is 10.9. The highest BCUT2D eigenvalue weighted by molar-refractivity contribution is 6.56. The first kappa shape index (κ1) is 25.5. The molecule has 0 spiro atoms. The molecule has 0 atom stereocenters. The Labute approximate surface area is 199 Å². The van der Waals surface area contributed by atoms with E-state index in [4.69, 9.17) is 14.0 Å². The van der Waals surface area contributed by atoms with Crippen LogP contribution in [0.25, 0.3) is 6.08 Å². The minimum atomic E-state index is -0.785. The van der Waals surface area contributed by atoms with E-state index in [1.807, 2.05) is 58.0 Å².